The Hall–Kier alpha value is -1.88. The van der Waals surface area contributed by atoms with E-state index in [0.29, 0.717) is 5.69 Å². The van der Waals surface area contributed by atoms with Crippen molar-refractivity contribution in [3.63, 3.8) is 0 Å². The van der Waals surface area contributed by atoms with Crippen LogP contribution in [0.25, 0.3) is 0 Å². The molecule has 0 bridgehead atoms. The zero-order valence-electron chi connectivity index (χ0n) is 10.6. The lowest BCUT2D eigenvalue weighted by atomic mass is 10.2. The van der Waals surface area contributed by atoms with Crippen molar-refractivity contribution in [2.75, 3.05) is 12.3 Å². The minimum Gasteiger partial charge on any atom is -0.398 e. The highest BCUT2D eigenvalue weighted by atomic mass is 32.2. The summed E-state index contributed by atoms with van der Waals surface area (Å²) in [5.74, 6) is 0. The molecule has 1 heterocycles. The average molecular weight is 307 g/mol. The van der Waals surface area contributed by atoms with Crippen molar-refractivity contribution in [3.8, 4) is 6.07 Å². The second-order valence-corrected chi connectivity index (χ2v) is 7.19. The van der Waals surface area contributed by atoms with Gasteiger partial charge in [0.2, 0.25) is 0 Å². The lowest BCUT2D eigenvalue weighted by Gasteiger charge is -2.18. The van der Waals surface area contributed by atoms with Crippen molar-refractivity contribution in [1.82, 2.24) is 4.31 Å². The summed E-state index contributed by atoms with van der Waals surface area (Å²) >= 11 is 1.06. The van der Waals surface area contributed by atoms with Gasteiger partial charge in [-0.15, -0.1) is 11.3 Å². The normalized spacial score (nSPS) is 11.4. The SMILES string of the molecule is N#CCN(Cc1ccccc1)S(=O)(=O)c1cc(N)cs1. The van der Waals surface area contributed by atoms with Crippen molar-refractivity contribution in [1.29, 1.82) is 5.26 Å². The Balaban J connectivity index is 2.31. The molecule has 1 aromatic heterocycles. The maximum absolute atomic E-state index is 12.5. The van der Waals surface area contributed by atoms with Crippen molar-refractivity contribution in [2.24, 2.45) is 0 Å². The number of nitrogens with zero attached hydrogens (tertiary/aromatic N) is 2. The second-order valence-electron chi connectivity index (χ2n) is 4.12. The first-order valence-electron chi connectivity index (χ1n) is 5.79. The highest BCUT2D eigenvalue weighted by Crippen LogP contribution is 2.26. The summed E-state index contributed by atoms with van der Waals surface area (Å²) in [6.07, 6.45) is 0. The molecule has 0 unspecified atom stereocenters. The molecule has 0 radical (unpaired) electrons. The van der Waals surface area contributed by atoms with Gasteiger partial charge in [0.05, 0.1) is 6.07 Å². The van der Waals surface area contributed by atoms with Crippen molar-refractivity contribution in [3.05, 3.63) is 47.3 Å². The Morgan fingerprint density at radius 2 is 2.00 bits per heavy atom. The molecule has 0 spiro atoms. The first-order valence-corrected chi connectivity index (χ1v) is 8.11. The van der Waals surface area contributed by atoms with Crippen LogP contribution in [-0.4, -0.2) is 19.3 Å². The summed E-state index contributed by atoms with van der Waals surface area (Å²) < 4.78 is 26.2. The van der Waals surface area contributed by atoms with Gasteiger partial charge in [-0.3, -0.25) is 0 Å². The zero-order chi connectivity index (χ0) is 14.6. The molecule has 0 atom stereocenters. The van der Waals surface area contributed by atoms with Crippen LogP contribution in [0.1, 0.15) is 5.56 Å². The van der Waals surface area contributed by atoms with E-state index in [4.69, 9.17) is 11.0 Å². The Morgan fingerprint density at radius 3 is 2.55 bits per heavy atom. The molecule has 7 heteroatoms. The number of nitriles is 1. The number of rotatable bonds is 5. The number of hydrogen-bond donors (Lipinski definition) is 1. The number of hydrogen-bond acceptors (Lipinski definition) is 5. The molecule has 0 saturated heterocycles. The van der Waals surface area contributed by atoms with Gasteiger partial charge in [0.1, 0.15) is 10.8 Å². The van der Waals surface area contributed by atoms with Gasteiger partial charge < -0.3 is 5.73 Å². The van der Waals surface area contributed by atoms with Crippen LogP contribution >= 0.6 is 11.3 Å². The van der Waals surface area contributed by atoms with Crippen molar-refractivity contribution >= 4 is 27.0 Å². The summed E-state index contributed by atoms with van der Waals surface area (Å²) in [5.41, 5.74) is 6.80. The molecule has 0 aliphatic rings. The molecule has 0 amide bonds. The van der Waals surface area contributed by atoms with Crippen LogP contribution in [0.3, 0.4) is 0 Å². The van der Waals surface area contributed by atoms with Crippen LogP contribution < -0.4 is 5.73 Å². The molecule has 2 aromatic rings. The van der Waals surface area contributed by atoms with E-state index in [2.05, 4.69) is 0 Å². The van der Waals surface area contributed by atoms with Gasteiger partial charge in [-0.2, -0.15) is 9.57 Å². The first kappa shape index (κ1) is 14.5. The Labute approximate surface area is 121 Å². The van der Waals surface area contributed by atoms with Gasteiger partial charge in [-0.1, -0.05) is 30.3 Å². The third-order valence-electron chi connectivity index (χ3n) is 2.64. The number of benzene rings is 1. The molecule has 104 valence electrons. The highest BCUT2D eigenvalue weighted by Gasteiger charge is 2.26. The minimum atomic E-state index is -3.69. The van der Waals surface area contributed by atoms with E-state index in [0.717, 1.165) is 21.2 Å². The largest absolute Gasteiger partial charge is 0.398 e. The van der Waals surface area contributed by atoms with Gasteiger partial charge in [0.15, 0.2) is 0 Å². The number of nitrogens with two attached hydrogens (primary N) is 1. The minimum absolute atomic E-state index is 0.154. The quantitative estimate of drug-likeness (QED) is 0.856. The Bertz CT molecular complexity index is 718. The van der Waals surface area contributed by atoms with Gasteiger partial charge >= 0.3 is 0 Å². The summed E-state index contributed by atoms with van der Waals surface area (Å²) in [6, 6.07) is 12.5. The predicted octanol–water partition coefficient (Wildman–Crippen LogP) is 2.04. The molecule has 20 heavy (non-hydrogen) atoms. The topological polar surface area (TPSA) is 87.2 Å². The van der Waals surface area contributed by atoms with E-state index in [9.17, 15) is 8.42 Å². The molecule has 0 fully saturated rings. The first-order chi connectivity index (χ1) is 9.54. The summed E-state index contributed by atoms with van der Waals surface area (Å²) in [7, 11) is -3.69. The fraction of sp³-hybridized carbons (Fsp3) is 0.154. The van der Waals surface area contributed by atoms with E-state index in [-0.39, 0.29) is 17.3 Å². The van der Waals surface area contributed by atoms with Gasteiger partial charge in [0.25, 0.3) is 10.0 Å². The fourth-order valence-corrected chi connectivity index (χ4v) is 4.24. The smallest absolute Gasteiger partial charge is 0.253 e. The van der Waals surface area contributed by atoms with Crippen molar-refractivity contribution in [2.45, 2.75) is 10.8 Å². The standard InChI is InChI=1S/C13H13N3O2S2/c14-6-7-16(9-11-4-2-1-3-5-11)20(17,18)13-8-12(15)10-19-13/h1-5,8,10H,7,9,15H2. The molecular weight excluding hydrogens is 294 g/mol. The monoisotopic (exact) mass is 307 g/mol. The van der Waals surface area contributed by atoms with E-state index < -0.39 is 10.0 Å². The molecule has 0 aliphatic carbocycles. The highest BCUT2D eigenvalue weighted by molar-refractivity contribution is 7.91. The summed E-state index contributed by atoms with van der Waals surface area (Å²) in [5, 5.41) is 10.4. The second kappa shape index (κ2) is 6.05. The van der Waals surface area contributed by atoms with Crippen LogP contribution in [0.5, 0.6) is 0 Å². The molecule has 0 aliphatic heterocycles. The van der Waals surface area contributed by atoms with E-state index in [1.165, 1.54) is 6.07 Å². The van der Waals surface area contributed by atoms with Gasteiger partial charge in [-0.05, 0) is 11.6 Å². The molecule has 0 saturated carbocycles. The van der Waals surface area contributed by atoms with E-state index in [1.807, 2.05) is 36.4 Å². The molecule has 1 aromatic carbocycles. The number of sulfonamides is 1. The van der Waals surface area contributed by atoms with E-state index in [1.54, 1.807) is 5.38 Å². The average Bonchev–Trinajstić information content (AvgIpc) is 2.87. The van der Waals surface area contributed by atoms with Gasteiger partial charge in [-0.25, -0.2) is 8.42 Å². The van der Waals surface area contributed by atoms with Crippen LogP contribution in [0, 0.1) is 11.3 Å². The zero-order valence-corrected chi connectivity index (χ0v) is 12.2. The molecule has 5 nitrogen and oxygen atoms in total. The maximum Gasteiger partial charge on any atom is 0.253 e. The Morgan fingerprint density at radius 1 is 1.30 bits per heavy atom. The number of anilines is 1. The fourth-order valence-electron chi connectivity index (χ4n) is 1.68. The third kappa shape index (κ3) is 3.17. The maximum atomic E-state index is 12.5. The van der Waals surface area contributed by atoms with E-state index >= 15 is 0 Å². The van der Waals surface area contributed by atoms with Crippen LogP contribution in [-0.2, 0) is 16.6 Å². The number of thiophene rings is 1. The van der Waals surface area contributed by atoms with Crippen LogP contribution in [0.4, 0.5) is 5.69 Å². The van der Waals surface area contributed by atoms with Crippen molar-refractivity contribution < 1.29 is 8.42 Å². The molecular formula is C13H13N3O2S2. The lowest BCUT2D eigenvalue weighted by Crippen LogP contribution is -2.30. The molecule has 2 N–H and O–H groups in total. The van der Waals surface area contributed by atoms with Gasteiger partial charge in [0, 0.05) is 17.6 Å². The lowest BCUT2D eigenvalue weighted by molar-refractivity contribution is 0.443. The Kier molecular flexibility index (Phi) is 4.39. The summed E-state index contributed by atoms with van der Waals surface area (Å²) in [6.45, 7) is -0.0381. The third-order valence-corrected chi connectivity index (χ3v) is 5.86. The van der Waals surface area contributed by atoms with Crippen LogP contribution in [0.15, 0.2) is 46.0 Å². The predicted molar refractivity (Wildman–Crippen MR) is 78.4 cm³/mol. The van der Waals surface area contributed by atoms with Crippen LogP contribution in [0.2, 0.25) is 0 Å². The molecule has 2 rings (SSSR count). The number of nitrogen functional groups attached to an aromatic ring is 1. The summed E-state index contributed by atoms with van der Waals surface area (Å²) in [4.78, 5) is 0.